The first-order valence-corrected chi connectivity index (χ1v) is 9.42. The van der Waals surface area contributed by atoms with Crippen molar-refractivity contribution in [3.63, 3.8) is 0 Å². The number of hydrogen-bond acceptors (Lipinski definition) is 5. The Labute approximate surface area is 159 Å². The Balaban J connectivity index is 1.64. The highest BCUT2D eigenvalue weighted by molar-refractivity contribution is 5.69. The van der Waals surface area contributed by atoms with Gasteiger partial charge < -0.3 is 10.2 Å². The molecular weight excluding hydrogens is 336 g/mol. The lowest BCUT2D eigenvalue weighted by molar-refractivity contribution is 0.573. The predicted octanol–water partition coefficient (Wildman–Crippen LogP) is 4.41. The molecule has 0 bridgehead atoms. The zero-order valence-electron chi connectivity index (χ0n) is 15.5. The zero-order chi connectivity index (χ0) is 18.5. The van der Waals surface area contributed by atoms with Crippen LogP contribution in [-0.2, 0) is 0 Å². The standard InChI is InChI=1S/C21H24N6/c1-16-14-20(26-25-16)23-19-15-21(27-12-6-3-7-13-27)24-18(22-19)11-10-17-8-4-2-5-9-17/h2,4-5,8-11,14-15H,3,6-7,12-13H2,1H3,(H2,22,23,24,25,26). The van der Waals surface area contributed by atoms with Gasteiger partial charge in [-0.25, -0.2) is 9.97 Å². The Kier molecular flexibility index (Phi) is 5.14. The molecule has 0 unspecified atom stereocenters. The number of anilines is 3. The van der Waals surface area contributed by atoms with E-state index in [0.29, 0.717) is 5.82 Å². The fourth-order valence-electron chi connectivity index (χ4n) is 3.22. The number of aromatic amines is 1. The van der Waals surface area contributed by atoms with Gasteiger partial charge in [-0.3, -0.25) is 5.10 Å². The Bertz CT molecular complexity index is 909. The van der Waals surface area contributed by atoms with Crippen LogP contribution in [0.1, 0.15) is 36.3 Å². The van der Waals surface area contributed by atoms with Gasteiger partial charge >= 0.3 is 0 Å². The van der Waals surface area contributed by atoms with Crippen LogP contribution >= 0.6 is 0 Å². The lowest BCUT2D eigenvalue weighted by atomic mass is 10.1. The van der Waals surface area contributed by atoms with Gasteiger partial charge in [0.15, 0.2) is 11.6 Å². The van der Waals surface area contributed by atoms with E-state index in [4.69, 9.17) is 4.98 Å². The van der Waals surface area contributed by atoms with Crippen LogP contribution in [0.2, 0.25) is 0 Å². The van der Waals surface area contributed by atoms with E-state index in [1.165, 1.54) is 19.3 Å². The smallest absolute Gasteiger partial charge is 0.156 e. The monoisotopic (exact) mass is 360 g/mol. The first-order valence-electron chi connectivity index (χ1n) is 9.42. The number of aromatic nitrogens is 4. The summed E-state index contributed by atoms with van der Waals surface area (Å²) in [5.41, 5.74) is 2.13. The molecule has 2 aromatic heterocycles. The van der Waals surface area contributed by atoms with E-state index in [2.05, 4.69) is 37.5 Å². The summed E-state index contributed by atoms with van der Waals surface area (Å²) in [4.78, 5) is 11.8. The molecule has 1 aliphatic heterocycles. The van der Waals surface area contributed by atoms with Crippen molar-refractivity contribution in [2.24, 2.45) is 0 Å². The van der Waals surface area contributed by atoms with Gasteiger partial charge in [-0.1, -0.05) is 36.4 Å². The molecule has 3 heterocycles. The highest BCUT2D eigenvalue weighted by Gasteiger charge is 2.14. The Hall–Kier alpha value is -3.15. The van der Waals surface area contributed by atoms with Gasteiger partial charge in [-0.2, -0.15) is 5.10 Å². The summed E-state index contributed by atoms with van der Waals surface area (Å²) in [7, 11) is 0. The molecule has 0 radical (unpaired) electrons. The minimum Gasteiger partial charge on any atom is -0.356 e. The maximum Gasteiger partial charge on any atom is 0.156 e. The van der Waals surface area contributed by atoms with Gasteiger partial charge in [0.25, 0.3) is 0 Å². The van der Waals surface area contributed by atoms with Crippen LogP contribution in [0, 0.1) is 6.92 Å². The molecule has 0 atom stereocenters. The third kappa shape index (κ3) is 4.53. The number of benzene rings is 1. The highest BCUT2D eigenvalue weighted by Crippen LogP contribution is 2.23. The number of piperidine rings is 1. The molecule has 6 nitrogen and oxygen atoms in total. The van der Waals surface area contributed by atoms with Crippen molar-refractivity contribution in [1.82, 2.24) is 20.2 Å². The molecule has 0 aliphatic carbocycles. The normalized spacial score (nSPS) is 14.6. The molecule has 27 heavy (non-hydrogen) atoms. The quantitative estimate of drug-likeness (QED) is 0.705. The van der Waals surface area contributed by atoms with Gasteiger partial charge in [0.05, 0.1) is 0 Å². The van der Waals surface area contributed by atoms with Crippen LogP contribution in [0.15, 0.2) is 42.5 Å². The summed E-state index contributed by atoms with van der Waals surface area (Å²) in [5, 5.41) is 10.5. The molecule has 0 spiro atoms. The average Bonchev–Trinajstić information content (AvgIpc) is 3.12. The summed E-state index contributed by atoms with van der Waals surface area (Å²) in [6, 6.07) is 14.2. The molecule has 138 valence electrons. The minimum atomic E-state index is 0.691. The number of rotatable bonds is 5. The van der Waals surface area contributed by atoms with E-state index in [9.17, 15) is 0 Å². The number of hydrogen-bond donors (Lipinski definition) is 2. The van der Waals surface area contributed by atoms with Crippen LogP contribution in [0.3, 0.4) is 0 Å². The van der Waals surface area contributed by atoms with E-state index in [1.807, 2.05) is 49.4 Å². The van der Waals surface area contributed by atoms with Crippen LogP contribution in [-0.4, -0.2) is 33.3 Å². The molecule has 0 saturated carbocycles. The van der Waals surface area contributed by atoms with Gasteiger partial charge in [0.1, 0.15) is 11.6 Å². The SMILES string of the molecule is Cc1cc(Nc2cc(N3CCCCC3)nc(C=Cc3ccccc3)n2)n[nH]1. The molecular formula is C21H24N6. The van der Waals surface area contributed by atoms with Crippen molar-refractivity contribution in [3.8, 4) is 0 Å². The second kappa shape index (κ2) is 8.03. The third-order valence-corrected chi connectivity index (χ3v) is 4.60. The largest absolute Gasteiger partial charge is 0.356 e. The lowest BCUT2D eigenvalue weighted by Gasteiger charge is -2.28. The van der Waals surface area contributed by atoms with Crippen molar-refractivity contribution in [2.45, 2.75) is 26.2 Å². The number of H-pyrrole nitrogens is 1. The van der Waals surface area contributed by atoms with Crippen molar-refractivity contribution in [2.75, 3.05) is 23.3 Å². The summed E-state index contributed by atoms with van der Waals surface area (Å²) in [6.07, 6.45) is 7.71. The predicted molar refractivity (Wildman–Crippen MR) is 110 cm³/mol. The summed E-state index contributed by atoms with van der Waals surface area (Å²) in [6.45, 7) is 4.06. The molecule has 0 amide bonds. The maximum atomic E-state index is 4.78. The zero-order valence-corrected chi connectivity index (χ0v) is 15.5. The van der Waals surface area contributed by atoms with Gasteiger partial charge in [0, 0.05) is 30.9 Å². The fraction of sp³-hybridized carbons (Fsp3) is 0.286. The minimum absolute atomic E-state index is 0.691. The first kappa shape index (κ1) is 17.3. The van der Waals surface area contributed by atoms with E-state index < -0.39 is 0 Å². The average molecular weight is 360 g/mol. The van der Waals surface area contributed by atoms with Crippen LogP contribution in [0.4, 0.5) is 17.5 Å². The van der Waals surface area contributed by atoms with E-state index in [0.717, 1.165) is 41.8 Å². The molecule has 1 aliphatic rings. The first-order chi connectivity index (χ1) is 13.3. The van der Waals surface area contributed by atoms with Crippen molar-refractivity contribution in [1.29, 1.82) is 0 Å². The van der Waals surface area contributed by atoms with Gasteiger partial charge in [-0.15, -0.1) is 0 Å². The van der Waals surface area contributed by atoms with Crippen LogP contribution < -0.4 is 10.2 Å². The van der Waals surface area contributed by atoms with Gasteiger partial charge in [0.2, 0.25) is 0 Å². The molecule has 2 N–H and O–H groups in total. The maximum absolute atomic E-state index is 4.78. The number of nitrogens with one attached hydrogen (secondary N) is 2. The van der Waals surface area contributed by atoms with E-state index in [1.54, 1.807) is 0 Å². The summed E-state index contributed by atoms with van der Waals surface area (Å²) >= 11 is 0. The molecule has 6 heteroatoms. The van der Waals surface area contributed by atoms with Crippen molar-refractivity contribution >= 4 is 29.6 Å². The summed E-state index contributed by atoms with van der Waals surface area (Å²) < 4.78 is 0. The molecule has 1 fully saturated rings. The Morgan fingerprint density at radius 2 is 1.78 bits per heavy atom. The molecule has 3 aromatic rings. The topological polar surface area (TPSA) is 69.7 Å². The molecule has 1 aromatic carbocycles. The van der Waals surface area contributed by atoms with E-state index >= 15 is 0 Å². The van der Waals surface area contributed by atoms with Crippen LogP contribution in [0.25, 0.3) is 12.2 Å². The fourth-order valence-corrected chi connectivity index (χ4v) is 3.22. The summed E-state index contributed by atoms with van der Waals surface area (Å²) in [5.74, 6) is 3.17. The Morgan fingerprint density at radius 1 is 0.963 bits per heavy atom. The van der Waals surface area contributed by atoms with Crippen LogP contribution in [0.5, 0.6) is 0 Å². The van der Waals surface area contributed by atoms with E-state index in [-0.39, 0.29) is 0 Å². The Morgan fingerprint density at radius 3 is 2.52 bits per heavy atom. The number of aryl methyl sites for hydroxylation is 1. The highest BCUT2D eigenvalue weighted by atomic mass is 15.2. The number of nitrogens with zero attached hydrogens (tertiary/aromatic N) is 4. The second-order valence-electron chi connectivity index (χ2n) is 6.82. The van der Waals surface area contributed by atoms with Crippen molar-refractivity contribution < 1.29 is 0 Å². The van der Waals surface area contributed by atoms with Crippen molar-refractivity contribution in [3.05, 3.63) is 59.5 Å². The van der Waals surface area contributed by atoms with Gasteiger partial charge in [-0.05, 0) is 37.8 Å². The molecule has 4 rings (SSSR count). The lowest BCUT2D eigenvalue weighted by Crippen LogP contribution is -2.30. The second-order valence-corrected chi connectivity index (χ2v) is 6.82. The third-order valence-electron chi connectivity index (χ3n) is 4.60. The molecule has 1 saturated heterocycles.